The Bertz CT molecular complexity index is 1310. The van der Waals surface area contributed by atoms with E-state index in [1.165, 1.54) is 4.90 Å². The van der Waals surface area contributed by atoms with E-state index in [9.17, 15) is 9.90 Å². The minimum atomic E-state index is 0.176. The van der Waals surface area contributed by atoms with Crippen molar-refractivity contribution in [2.75, 3.05) is 50.1 Å². The summed E-state index contributed by atoms with van der Waals surface area (Å²) in [5.74, 6) is 0.200. The van der Waals surface area contributed by atoms with Gasteiger partial charge in [-0.1, -0.05) is 48.0 Å². The van der Waals surface area contributed by atoms with Crippen LogP contribution in [0.4, 0.5) is 11.4 Å². The van der Waals surface area contributed by atoms with Gasteiger partial charge in [0.1, 0.15) is 5.75 Å². The number of benzene rings is 3. The van der Waals surface area contributed by atoms with Gasteiger partial charge in [-0.3, -0.25) is 14.6 Å². The first-order valence-electron chi connectivity index (χ1n) is 12.9. The molecule has 0 radical (unpaired) electrons. The van der Waals surface area contributed by atoms with Crippen molar-refractivity contribution in [1.29, 1.82) is 0 Å². The summed E-state index contributed by atoms with van der Waals surface area (Å²) >= 11 is 6.58. The Morgan fingerprint density at radius 2 is 1.50 bits per heavy atom. The summed E-state index contributed by atoms with van der Waals surface area (Å²) in [5.41, 5.74) is 5.09. The number of hydrogen-bond donors (Lipinski definition) is 1. The second-order valence-electron chi connectivity index (χ2n) is 10.8. The van der Waals surface area contributed by atoms with E-state index < -0.39 is 0 Å². The minimum Gasteiger partial charge on any atom is -0.507 e. The molecule has 7 heteroatoms. The first-order valence-corrected chi connectivity index (χ1v) is 13.3. The zero-order valence-corrected chi connectivity index (χ0v) is 23.6. The van der Waals surface area contributed by atoms with E-state index in [-0.39, 0.29) is 11.3 Å². The lowest BCUT2D eigenvalue weighted by Gasteiger charge is -2.43. The van der Waals surface area contributed by atoms with E-state index in [1.54, 1.807) is 24.5 Å². The number of aromatic hydroxyl groups is 1. The number of phenols is 1. The van der Waals surface area contributed by atoms with Gasteiger partial charge in [0.05, 0.1) is 10.7 Å². The van der Waals surface area contributed by atoms with Crippen LogP contribution < -0.4 is 9.80 Å². The number of nitrogens with zero attached hydrogens (tertiary/aromatic N) is 4. The van der Waals surface area contributed by atoms with Crippen LogP contribution in [0.3, 0.4) is 0 Å². The quantitative estimate of drug-likeness (QED) is 0.362. The Morgan fingerprint density at radius 3 is 2.08 bits per heavy atom. The summed E-state index contributed by atoms with van der Waals surface area (Å²) in [7, 11) is 3.76. The van der Waals surface area contributed by atoms with Crippen molar-refractivity contribution < 1.29 is 9.90 Å². The second kappa shape index (κ2) is 11.5. The predicted molar refractivity (Wildman–Crippen MR) is 159 cm³/mol. The number of anilines is 2. The van der Waals surface area contributed by atoms with Gasteiger partial charge in [-0.25, -0.2) is 0 Å². The third-order valence-electron chi connectivity index (χ3n) is 6.96. The molecule has 1 amide bonds. The summed E-state index contributed by atoms with van der Waals surface area (Å²) in [6.07, 6.45) is 4.14. The number of carbonyl (C=O) groups is 1. The van der Waals surface area contributed by atoms with Crippen molar-refractivity contribution in [2.45, 2.75) is 26.3 Å². The topological polar surface area (TPSA) is 50.3 Å². The lowest BCUT2D eigenvalue weighted by molar-refractivity contribution is -0.106. The lowest BCUT2D eigenvalue weighted by atomic mass is 9.96. The molecular formula is C31H37ClN4O2. The largest absolute Gasteiger partial charge is 0.507 e. The van der Waals surface area contributed by atoms with E-state index in [0.29, 0.717) is 16.3 Å². The SMILES string of the molecule is CN(C)/C=C\N(C=O)c1ccc(-c2cccc(-c3cccc(N4CCN(C(C)(C)C)CC4)c3)c2O)cc1Cl. The van der Waals surface area contributed by atoms with Crippen molar-refractivity contribution in [2.24, 2.45) is 0 Å². The van der Waals surface area contributed by atoms with Gasteiger partial charge in [-0.15, -0.1) is 0 Å². The molecule has 0 spiro atoms. The maximum Gasteiger partial charge on any atom is 0.218 e. The van der Waals surface area contributed by atoms with Crippen LogP contribution in [-0.4, -0.2) is 67.1 Å². The van der Waals surface area contributed by atoms with Crippen molar-refractivity contribution in [3.63, 3.8) is 0 Å². The Labute approximate surface area is 231 Å². The minimum absolute atomic E-state index is 0.176. The molecule has 1 saturated heterocycles. The molecule has 1 aliphatic heterocycles. The number of hydrogen-bond acceptors (Lipinski definition) is 5. The third-order valence-corrected chi connectivity index (χ3v) is 7.27. The molecule has 1 N–H and O–H groups in total. The lowest BCUT2D eigenvalue weighted by Crippen LogP contribution is -2.53. The van der Waals surface area contributed by atoms with Gasteiger partial charge in [-0.05, 0) is 56.2 Å². The summed E-state index contributed by atoms with van der Waals surface area (Å²) in [5, 5.41) is 11.8. The van der Waals surface area contributed by atoms with Gasteiger partial charge in [-0.2, -0.15) is 0 Å². The third kappa shape index (κ3) is 6.14. The molecule has 0 atom stereocenters. The van der Waals surface area contributed by atoms with Gasteiger partial charge >= 0.3 is 0 Å². The van der Waals surface area contributed by atoms with Crippen LogP contribution in [0.2, 0.25) is 5.02 Å². The van der Waals surface area contributed by atoms with Crippen LogP contribution in [0, 0.1) is 0 Å². The molecule has 3 aromatic rings. The molecule has 200 valence electrons. The molecule has 1 heterocycles. The summed E-state index contributed by atoms with van der Waals surface area (Å²) in [6.45, 7) is 10.8. The highest BCUT2D eigenvalue weighted by molar-refractivity contribution is 6.34. The molecule has 1 aliphatic rings. The van der Waals surface area contributed by atoms with E-state index in [4.69, 9.17) is 11.6 Å². The second-order valence-corrected chi connectivity index (χ2v) is 11.2. The zero-order chi connectivity index (χ0) is 27.4. The normalized spacial score (nSPS) is 14.6. The smallest absolute Gasteiger partial charge is 0.218 e. The Kier molecular flexibility index (Phi) is 8.34. The maximum absolute atomic E-state index is 11.6. The Morgan fingerprint density at radius 1 is 0.868 bits per heavy atom. The average molecular weight is 533 g/mol. The molecule has 4 rings (SSSR count). The van der Waals surface area contributed by atoms with Crippen molar-refractivity contribution >= 4 is 29.4 Å². The standard InChI is InChI=1S/C31H37ClN4O2/c1-31(2,3)36-18-16-34(17-19-36)25-9-6-8-23(20-25)26-10-7-11-27(30(26)38)24-12-13-29(28(32)21-24)35(22-37)15-14-33(4)5/h6-15,20-22,38H,16-19H2,1-5H3/b15-14-. The first-order chi connectivity index (χ1) is 18.1. The summed E-state index contributed by atoms with van der Waals surface area (Å²) < 4.78 is 0. The molecule has 0 bridgehead atoms. The molecule has 0 unspecified atom stereocenters. The average Bonchev–Trinajstić information content (AvgIpc) is 2.89. The summed E-state index contributed by atoms with van der Waals surface area (Å²) in [6, 6.07) is 19.6. The number of para-hydroxylation sites is 1. The van der Waals surface area contributed by atoms with Crippen LogP contribution in [0.1, 0.15) is 20.8 Å². The molecule has 6 nitrogen and oxygen atoms in total. The van der Waals surface area contributed by atoms with Crippen LogP contribution in [0.5, 0.6) is 5.75 Å². The van der Waals surface area contributed by atoms with Crippen LogP contribution in [-0.2, 0) is 4.79 Å². The fourth-order valence-electron chi connectivity index (χ4n) is 4.78. The molecule has 0 saturated carbocycles. The number of carbonyl (C=O) groups excluding carboxylic acids is 1. The van der Waals surface area contributed by atoms with E-state index >= 15 is 0 Å². The van der Waals surface area contributed by atoms with Gasteiger partial charge in [0, 0.05) is 75.0 Å². The highest BCUT2D eigenvalue weighted by Crippen LogP contribution is 2.41. The fourth-order valence-corrected chi connectivity index (χ4v) is 5.05. The highest BCUT2D eigenvalue weighted by atomic mass is 35.5. The van der Waals surface area contributed by atoms with Crippen LogP contribution in [0.25, 0.3) is 22.3 Å². The van der Waals surface area contributed by atoms with Gasteiger partial charge in [0.15, 0.2) is 0 Å². The van der Waals surface area contributed by atoms with Crippen LogP contribution in [0.15, 0.2) is 73.1 Å². The number of rotatable bonds is 7. The fraction of sp³-hybridized carbons (Fsp3) is 0.323. The highest BCUT2D eigenvalue weighted by Gasteiger charge is 2.26. The van der Waals surface area contributed by atoms with Crippen molar-refractivity contribution in [3.8, 4) is 28.0 Å². The van der Waals surface area contributed by atoms with Gasteiger partial charge < -0.3 is 14.9 Å². The number of halogens is 1. The predicted octanol–water partition coefficient (Wildman–Crippen LogP) is 6.30. The van der Waals surface area contributed by atoms with E-state index in [1.807, 2.05) is 55.4 Å². The molecule has 0 aromatic heterocycles. The van der Waals surface area contributed by atoms with Crippen molar-refractivity contribution in [1.82, 2.24) is 9.80 Å². The molecule has 38 heavy (non-hydrogen) atoms. The van der Waals surface area contributed by atoms with E-state index in [0.717, 1.165) is 55.0 Å². The van der Waals surface area contributed by atoms with Gasteiger partial charge in [0.2, 0.25) is 6.41 Å². The Hall–Kier alpha value is -3.48. The molecule has 1 fully saturated rings. The monoisotopic (exact) mass is 532 g/mol. The zero-order valence-electron chi connectivity index (χ0n) is 22.9. The van der Waals surface area contributed by atoms with E-state index in [2.05, 4.69) is 42.7 Å². The number of piperazine rings is 1. The number of amides is 1. The first kappa shape index (κ1) is 27.6. The molecule has 0 aliphatic carbocycles. The maximum atomic E-state index is 11.6. The molecule has 3 aromatic carbocycles. The van der Waals surface area contributed by atoms with Gasteiger partial charge in [0.25, 0.3) is 0 Å². The summed E-state index contributed by atoms with van der Waals surface area (Å²) in [4.78, 5) is 19.8. The van der Waals surface area contributed by atoms with Crippen molar-refractivity contribution in [3.05, 3.63) is 78.1 Å². The Balaban J connectivity index is 1.60. The molecular weight excluding hydrogens is 496 g/mol. The van der Waals surface area contributed by atoms with Crippen LogP contribution >= 0.6 is 11.6 Å². The number of phenolic OH excluding ortho intramolecular Hbond substituents is 1.